The number of halogens is 1. The predicted molar refractivity (Wildman–Crippen MR) is 138 cm³/mol. The number of hydrogen-bond acceptors (Lipinski definition) is 5. The van der Waals surface area contributed by atoms with Gasteiger partial charge in [0, 0.05) is 16.7 Å². The Bertz CT molecular complexity index is 1140. The minimum Gasteiger partial charge on any atom is -0.485 e. The Hall–Kier alpha value is -2.32. The molecule has 0 saturated carbocycles. The molecule has 0 aliphatic heterocycles. The van der Waals surface area contributed by atoms with Crippen LogP contribution in [0.2, 0.25) is 0 Å². The normalized spacial score (nSPS) is 11.2. The molecule has 0 aliphatic rings. The fraction of sp³-hybridized carbons (Fsp3) is 0.400. The van der Waals surface area contributed by atoms with E-state index in [-0.39, 0.29) is 11.7 Å². The summed E-state index contributed by atoms with van der Waals surface area (Å²) in [4.78, 5) is 12.6. The highest BCUT2D eigenvalue weighted by atomic mass is 79.9. The van der Waals surface area contributed by atoms with Gasteiger partial charge in [0.15, 0.2) is 11.0 Å². The Balaban J connectivity index is 1.65. The van der Waals surface area contributed by atoms with Gasteiger partial charge in [0.25, 0.3) is 0 Å². The van der Waals surface area contributed by atoms with Crippen LogP contribution >= 0.6 is 27.7 Å². The van der Waals surface area contributed by atoms with Gasteiger partial charge in [0.1, 0.15) is 12.4 Å². The molecule has 8 heteroatoms. The highest BCUT2D eigenvalue weighted by molar-refractivity contribution is 9.10. The number of thioether (sulfide) groups is 1. The molecule has 0 aliphatic carbocycles. The van der Waals surface area contributed by atoms with E-state index in [0.29, 0.717) is 24.2 Å². The standard InChI is InChI=1S/C25H31BrN4O2S/c1-7-30-23(13-32-22-12-16(4)8-9-19(22)15(2)3)28-29-25(30)33-14-24(31)27-21-11-10-20(26)17(5)18(21)6/h8-12,15H,7,13-14H2,1-6H3,(H,27,31). The lowest BCUT2D eigenvalue weighted by molar-refractivity contribution is -0.113. The summed E-state index contributed by atoms with van der Waals surface area (Å²) in [6.45, 7) is 13.5. The molecule has 0 saturated heterocycles. The largest absolute Gasteiger partial charge is 0.485 e. The number of hydrogen-bond donors (Lipinski definition) is 1. The van der Waals surface area contributed by atoms with Gasteiger partial charge in [-0.05, 0) is 74.1 Å². The van der Waals surface area contributed by atoms with Crippen molar-refractivity contribution < 1.29 is 9.53 Å². The van der Waals surface area contributed by atoms with E-state index in [4.69, 9.17) is 4.74 Å². The summed E-state index contributed by atoms with van der Waals surface area (Å²) in [6.07, 6.45) is 0. The second-order valence-electron chi connectivity index (χ2n) is 8.31. The maximum Gasteiger partial charge on any atom is 0.234 e. The molecule has 0 spiro atoms. The Kier molecular flexibility index (Phi) is 8.59. The molecule has 0 bridgehead atoms. The van der Waals surface area contributed by atoms with Crippen LogP contribution in [0.3, 0.4) is 0 Å². The summed E-state index contributed by atoms with van der Waals surface area (Å²) in [6, 6.07) is 10.1. The van der Waals surface area contributed by atoms with E-state index in [1.807, 2.05) is 37.5 Å². The summed E-state index contributed by atoms with van der Waals surface area (Å²) in [5.74, 6) is 2.17. The predicted octanol–water partition coefficient (Wildman–Crippen LogP) is 6.42. The van der Waals surface area contributed by atoms with E-state index in [0.717, 1.165) is 38.4 Å². The molecule has 33 heavy (non-hydrogen) atoms. The number of carbonyl (C=O) groups is 1. The monoisotopic (exact) mass is 530 g/mol. The molecular weight excluding hydrogens is 500 g/mol. The number of aromatic nitrogens is 3. The van der Waals surface area contributed by atoms with Crippen LogP contribution in [0.25, 0.3) is 0 Å². The van der Waals surface area contributed by atoms with Crippen LogP contribution in [0.5, 0.6) is 5.75 Å². The van der Waals surface area contributed by atoms with Gasteiger partial charge < -0.3 is 14.6 Å². The zero-order valence-corrected chi connectivity index (χ0v) is 22.4. The highest BCUT2D eigenvalue weighted by Crippen LogP contribution is 2.29. The SMILES string of the molecule is CCn1c(COc2cc(C)ccc2C(C)C)nnc1SCC(=O)Nc1ccc(Br)c(C)c1C. The first-order valence-corrected chi connectivity index (χ1v) is 12.8. The van der Waals surface area contributed by atoms with E-state index in [1.165, 1.54) is 17.3 Å². The van der Waals surface area contributed by atoms with Crippen molar-refractivity contribution in [3.63, 3.8) is 0 Å². The number of benzene rings is 2. The lowest BCUT2D eigenvalue weighted by atomic mass is 10.0. The van der Waals surface area contributed by atoms with Crippen molar-refractivity contribution in [1.29, 1.82) is 0 Å². The van der Waals surface area contributed by atoms with Crippen LogP contribution in [-0.2, 0) is 17.9 Å². The fourth-order valence-corrected chi connectivity index (χ4v) is 4.73. The van der Waals surface area contributed by atoms with Crippen LogP contribution in [0.15, 0.2) is 40.0 Å². The van der Waals surface area contributed by atoms with Crippen molar-refractivity contribution in [1.82, 2.24) is 14.8 Å². The Morgan fingerprint density at radius 1 is 1.15 bits per heavy atom. The number of carbonyl (C=O) groups excluding carboxylic acids is 1. The summed E-state index contributed by atoms with van der Waals surface area (Å²) in [7, 11) is 0. The molecule has 0 fully saturated rings. The quantitative estimate of drug-likeness (QED) is 0.323. The Labute approximate surface area is 208 Å². The number of amides is 1. The zero-order chi connectivity index (χ0) is 24.1. The van der Waals surface area contributed by atoms with Crippen molar-refractivity contribution in [2.45, 2.75) is 65.8 Å². The average Bonchev–Trinajstić information content (AvgIpc) is 3.18. The van der Waals surface area contributed by atoms with E-state index in [2.05, 4.69) is 70.4 Å². The van der Waals surface area contributed by atoms with Gasteiger partial charge in [-0.3, -0.25) is 4.79 Å². The molecule has 0 atom stereocenters. The van der Waals surface area contributed by atoms with Gasteiger partial charge in [-0.1, -0.05) is 53.7 Å². The van der Waals surface area contributed by atoms with Crippen LogP contribution < -0.4 is 10.1 Å². The minimum atomic E-state index is -0.0744. The molecule has 0 radical (unpaired) electrons. The summed E-state index contributed by atoms with van der Waals surface area (Å²) in [5, 5.41) is 12.3. The molecule has 6 nitrogen and oxygen atoms in total. The van der Waals surface area contributed by atoms with Gasteiger partial charge in [-0.2, -0.15) is 0 Å². The lowest BCUT2D eigenvalue weighted by Crippen LogP contribution is -2.16. The van der Waals surface area contributed by atoms with Crippen LogP contribution in [0, 0.1) is 20.8 Å². The number of nitrogens with one attached hydrogen (secondary N) is 1. The third kappa shape index (κ3) is 6.18. The first-order valence-electron chi connectivity index (χ1n) is 11.0. The van der Waals surface area contributed by atoms with Gasteiger partial charge >= 0.3 is 0 Å². The summed E-state index contributed by atoms with van der Waals surface area (Å²) < 4.78 is 9.17. The van der Waals surface area contributed by atoms with Gasteiger partial charge in [0.05, 0.1) is 5.75 Å². The summed E-state index contributed by atoms with van der Waals surface area (Å²) in [5.41, 5.74) is 5.32. The molecule has 2 aromatic carbocycles. The minimum absolute atomic E-state index is 0.0744. The second-order valence-corrected chi connectivity index (χ2v) is 10.1. The Morgan fingerprint density at radius 3 is 2.61 bits per heavy atom. The molecule has 1 heterocycles. The molecule has 1 N–H and O–H groups in total. The summed E-state index contributed by atoms with van der Waals surface area (Å²) >= 11 is 4.90. The second kappa shape index (κ2) is 11.2. The first kappa shape index (κ1) is 25.3. The number of ether oxygens (including phenoxy) is 1. The molecule has 1 aromatic heterocycles. The molecule has 1 amide bonds. The van der Waals surface area contributed by atoms with E-state index in [1.54, 1.807) is 0 Å². The highest BCUT2D eigenvalue weighted by Gasteiger charge is 2.16. The first-order chi connectivity index (χ1) is 15.7. The maximum absolute atomic E-state index is 12.6. The molecule has 3 rings (SSSR count). The zero-order valence-electron chi connectivity index (χ0n) is 20.0. The van der Waals surface area contributed by atoms with Gasteiger partial charge in [-0.15, -0.1) is 10.2 Å². The Morgan fingerprint density at radius 2 is 1.91 bits per heavy atom. The number of rotatable bonds is 9. The maximum atomic E-state index is 12.6. The van der Waals surface area contributed by atoms with Gasteiger partial charge in [-0.25, -0.2) is 0 Å². The average molecular weight is 532 g/mol. The lowest BCUT2D eigenvalue weighted by Gasteiger charge is -2.15. The van der Waals surface area contributed by atoms with Crippen LogP contribution in [0.1, 0.15) is 54.8 Å². The fourth-order valence-electron chi connectivity index (χ4n) is 3.48. The van der Waals surface area contributed by atoms with Crippen LogP contribution in [0.4, 0.5) is 5.69 Å². The van der Waals surface area contributed by atoms with Gasteiger partial charge in [0.2, 0.25) is 5.91 Å². The number of anilines is 1. The third-order valence-electron chi connectivity index (χ3n) is 5.59. The van der Waals surface area contributed by atoms with Crippen molar-refractivity contribution in [2.24, 2.45) is 0 Å². The van der Waals surface area contributed by atoms with E-state index in [9.17, 15) is 4.79 Å². The smallest absolute Gasteiger partial charge is 0.234 e. The number of nitrogens with zero attached hydrogens (tertiary/aromatic N) is 3. The third-order valence-corrected chi connectivity index (χ3v) is 7.41. The van der Waals surface area contributed by atoms with Crippen molar-refractivity contribution in [3.05, 3.63) is 62.9 Å². The molecule has 176 valence electrons. The van der Waals surface area contributed by atoms with Crippen molar-refractivity contribution >= 4 is 39.3 Å². The van der Waals surface area contributed by atoms with E-state index >= 15 is 0 Å². The molecule has 0 unspecified atom stereocenters. The van der Waals surface area contributed by atoms with E-state index < -0.39 is 0 Å². The topological polar surface area (TPSA) is 69.0 Å². The molecular formula is C25H31BrN4O2S. The van der Waals surface area contributed by atoms with Crippen molar-refractivity contribution in [3.8, 4) is 5.75 Å². The number of aryl methyl sites for hydroxylation is 1. The molecule has 3 aromatic rings. The van der Waals surface area contributed by atoms with Crippen molar-refractivity contribution in [2.75, 3.05) is 11.1 Å². The van der Waals surface area contributed by atoms with Crippen LogP contribution in [-0.4, -0.2) is 26.4 Å².